The Kier molecular flexibility index (Phi) is 7.74. The first-order valence-corrected chi connectivity index (χ1v) is 8.41. The Morgan fingerprint density at radius 2 is 1.88 bits per heavy atom. The van der Waals surface area contributed by atoms with Gasteiger partial charge in [-0.25, -0.2) is 4.98 Å². The summed E-state index contributed by atoms with van der Waals surface area (Å²) in [6.45, 7) is 1.74. The predicted molar refractivity (Wildman–Crippen MR) is 94.6 cm³/mol. The molecule has 24 heavy (non-hydrogen) atoms. The lowest BCUT2D eigenvalue weighted by Gasteiger charge is -2.23. The van der Waals surface area contributed by atoms with Crippen molar-refractivity contribution >= 4 is 11.8 Å². The van der Waals surface area contributed by atoms with E-state index < -0.39 is 0 Å². The van der Waals surface area contributed by atoms with Crippen molar-refractivity contribution in [2.75, 3.05) is 18.6 Å². The van der Waals surface area contributed by atoms with Gasteiger partial charge in [0.25, 0.3) is 0 Å². The molecule has 0 N–H and O–H groups in total. The highest BCUT2D eigenvalue weighted by atomic mass is 16.5. The van der Waals surface area contributed by atoms with Crippen molar-refractivity contribution in [1.29, 1.82) is 0 Å². The number of benzene rings is 1. The minimum atomic E-state index is -0.125. The predicted octanol–water partition coefficient (Wildman–Crippen LogP) is 3.61. The van der Waals surface area contributed by atoms with Gasteiger partial charge in [0.1, 0.15) is 5.82 Å². The SMILES string of the molecule is COC(=O)CCCCCCN(Cc1ccccc1)c1cnccn1. The highest BCUT2D eigenvalue weighted by molar-refractivity contribution is 5.68. The van der Waals surface area contributed by atoms with Crippen molar-refractivity contribution in [3.8, 4) is 0 Å². The van der Waals surface area contributed by atoms with Crippen LogP contribution in [0.15, 0.2) is 48.9 Å². The zero-order valence-electron chi connectivity index (χ0n) is 14.2. The van der Waals surface area contributed by atoms with Crippen molar-refractivity contribution in [3.05, 3.63) is 54.5 Å². The summed E-state index contributed by atoms with van der Waals surface area (Å²) in [5.74, 6) is 0.774. The van der Waals surface area contributed by atoms with Crippen LogP contribution in [-0.4, -0.2) is 29.6 Å². The number of aromatic nitrogens is 2. The number of unbranched alkanes of at least 4 members (excludes halogenated alkanes) is 3. The maximum atomic E-state index is 11.1. The van der Waals surface area contributed by atoms with Gasteiger partial charge >= 0.3 is 5.97 Å². The molecule has 0 spiro atoms. The summed E-state index contributed by atoms with van der Waals surface area (Å²) in [6, 6.07) is 10.4. The van der Waals surface area contributed by atoms with Crippen molar-refractivity contribution in [2.24, 2.45) is 0 Å². The molecule has 5 heteroatoms. The molecule has 5 nitrogen and oxygen atoms in total. The first-order chi connectivity index (χ1) is 11.8. The number of anilines is 1. The lowest BCUT2D eigenvalue weighted by molar-refractivity contribution is -0.140. The Hall–Kier alpha value is -2.43. The number of carbonyl (C=O) groups is 1. The third-order valence-corrected chi connectivity index (χ3v) is 3.88. The minimum absolute atomic E-state index is 0.125. The average molecular weight is 327 g/mol. The highest BCUT2D eigenvalue weighted by Crippen LogP contribution is 2.15. The van der Waals surface area contributed by atoms with Crippen molar-refractivity contribution in [1.82, 2.24) is 9.97 Å². The molecular formula is C19H25N3O2. The van der Waals surface area contributed by atoms with Crippen LogP contribution in [0.2, 0.25) is 0 Å². The number of hydrogen-bond donors (Lipinski definition) is 0. The van der Waals surface area contributed by atoms with E-state index in [1.54, 1.807) is 18.6 Å². The number of rotatable bonds is 10. The fourth-order valence-corrected chi connectivity index (χ4v) is 2.56. The van der Waals surface area contributed by atoms with E-state index in [-0.39, 0.29) is 5.97 Å². The van der Waals surface area contributed by atoms with E-state index in [1.165, 1.54) is 12.7 Å². The molecular weight excluding hydrogens is 302 g/mol. The number of nitrogens with zero attached hydrogens (tertiary/aromatic N) is 3. The van der Waals surface area contributed by atoms with Gasteiger partial charge in [-0.1, -0.05) is 43.2 Å². The molecule has 0 atom stereocenters. The van der Waals surface area contributed by atoms with Crippen LogP contribution in [0, 0.1) is 0 Å². The van der Waals surface area contributed by atoms with Gasteiger partial charge in [-0.2, -0.15) is 0 Å². The van der Waals surface area contributed by atoms with E-state index in [1.807, 2.05) is 6.07 Å². The average Bonchev–Trinajstić information content (AvgIpc) is 2.64. The summed E-state index contributed by atoms with van der Waals surface area (Å²) < 4.78 is 4.66. The summed E-state index contributed by atoms with van der Waals surface area (Å²) in [7, 11) is 1.44. The van der Waals surface area contributed by atoms with E-state index in [0.29, 0.717) is 6.42 Å². The third-order valence-electron chi connectivity index (χ3n) is 3.88. The van der Waals surface area contributed by atoms with Crippen molar-refractivity contribution < 1.29 is 9.53 Å². The normalized spacial score (nSPS) is 10.4. The Morgan fingerprint density at radius 1 is 1.08 bits per heavy atom. The molecule has 0 radical (unpaired) electrons. The molecule has 0 amide bonds. The summed E-state index contributed by atoms with van der Waals surface area (Å²) in [5.41, 5.74) is 1.26. The minimum Gasteiger partial charge on any atom is -0.469 e. The molecule has 0 aliphatic carbocycles. The third kappa shape index (κ3) is 6.36. The van der Waals surface area contributed by atoms with Crippen molar-refractivity contribution in [3.63, 3.8) is 0 Å². The van der Waals surface area contributed by atoms with Crippen LogP contribution < -0.4 is 4.90 Å². The second kappa shape index (κ2) is 10.4. The van der Waals surface area contributed by atoms with Gasteiger partial charge in [-0.05, 0) is 18.4 Å². The zero-order chi connectivity index (χ0) is 17.0. The van der Waals surface area contributed by atoms with Crippen LogP contribution in [-0.2, 0) is 16.1 Å². The van der Waals surface area contributed by atoms with Crippen LogP contribution >= 0.6 is 0 Å². The van der Waals surface area contributed by atoms with Crippen LogP contribution in [0.4, 0.5) is 5.82 Å². The molecule has 2 rings (SSSR count). The van der Waals surface area contributed by atoms with Gasteiger partial charge in [0.05, 0.1) is 13.3 Å². The fourth-order valence-electron chi connectivity index (χ4n) is 2.56. The molecule has 0 saturated carbocycles. The summed E-state index contributed by atoms with van der Waals surface area (Å²) in [5, 5.41) is 0. The Labute approximate surface area is 143 Å². The monoisotopic (exact) mass is 327 g/mol. The number of hydrogen-bond acceptors (Lipinski definition) is 5. The molecule has 0 aliphatic heterocycles. The molecule has 1 aromatic heterocycles. The van der Waals surface area contributed by atoms with E-state index in [0.717, 1.165) is 44.6 Å². The lowest BCUT2D eigenvalue weighted by Crippen LogP contribution is -2.25. The molecule has 1 aromatic carbocycles. The summed E-state index contributed by atoms with van der Waals surface area (Å²) in [4.78, 5) is 22.0. The van der Waals surface area contributed by atoms with E-state index in [4.69, 9.17) is 0 Å². The van der Waals surface area contributed by atoms with E-state index in [9.17, 15) is 4.79 Å². The fraction of sp³-hybridized carbons (Fsp3) is 0.421. The molecule has 0 bridgehead atoms. The van der Waals surface area contributed by atoms with E-state index in [2.05, 4.69) is 43.9 Å². The lowest BCUT2D eigenvalue weighted by atomic mass is 10.1. The van der Waals surface area contributed by atoms with Crippen LogP contribution in [0.1, 0.15) is 37.7 Å². The highest BCUT2D eigenvalue weighted by Gasteiger charge is 2.09. The summed E-state index contributed by atoms with van der Waals surface area (Å²) in [6.07, 6.45) is 9.80. The number of carbonyl (C=O) groups excluding carboxylic acids is 1. The molecule has 2 aromatic rings. The smallest absolute Gasteiger partial charge is 0.305 e. The van der Waals surface area contributed by atoms with Crippen LogP contribution in [0.3, 0.4) is 0 Å². The first-order valence-electron chi connectivity index (χ1n) is 8.41. The maximum Gasteiger partial charge on any atom is 0.305 e. The van der Waals surface area contributed by atoms with Gasteiger partial charge in [0.15, 0.2) is 0 Å². The first kappa shape index (κ1) is 17.9. The molecule has 0 saturated heterocycles. The Bertz CT molecular complexity index is 590. The summed E-state index contributed by atoms with van der Waals surface area (Å²) >= 11 is 0. The number of ether oxygens (including phenoxy) is 1. The van der Waals surface area contributed by atoms with Gasteiger partial charge in [-0.15, -0.1) is 0 Å². The standard InChI is InChI=1S/C19H25N3O2/c1-24-19(23)11-7-2-3-8-14-22(18-15-20-12-13-21-18)16-17-9-5-4-6-10-17/h4-6,9-10,12-13,15H,2-3,7-8,11,14,16H2,1H3. The van der Waals surface area contributed by atoms with Gasteiger partial charge in [0, 0.05) is 31.9 Å². The van der Waals surface area contributed by atoms with Gasteiger partial charge in [-0.3, -0.25) is 9.78 Å². The van der Waals surface area contributed by atoms with Gasteiger partial charge in [0.2, 0.25) is 0 Å². The quantitative estimate of drug-likeness (QED) is 0.493. The molecule has 1 heterocycles. The van der Waals surface area contributed by atoms with Crippen LogP contribution in [0.5, 0.6) is 0 Å². The number of esters is 1. The Morgan fingerprint density at radius 3 is 2.58 bits per heavy atom. The number of methoxy groups -OCH3 is 1. The largest absolute Gasteiger partial charge is 0.469 e. The second-order valence-corrected chi connectivity index (χ2v) is 5.71. The topological polar surface area (TPSA) is 55.3 Å². The van der Waals surface area contributed by atoms with E-state index >= 15 is 0 Å². The Balaban J connectivity index is 1.82. The molecule has 0 aliphatic rings. The molecule has 0 fully saturated rings. The van der Waals surface area contributed by atoms with Gasteiger partial charge < -0.3 is 9.64 Å². The molecule has 0 unspecified atom stereocenters. The van der Waals surface area contributed by atoms with Crippen molar-refractivity contribution in [2.45, 2.75) is 38.6 Å². The zero-order valence-corrected chi connectivity index (χ0v) is 14.2. The van der Waals surface area contributed by atoms with Crippen LogP contribution in [0.25, 0.3) is 0 Å². The maximum absolute atomic E-state index is 11.1. The second-order valence-electron chi connectivity index (χ2n) is 5.71. The molecule has 128 valence electrons.